The van der Waals surface area contributed by atoms with Gasteiger partial charge in [-0.15, -0.1) is 11.3 Å². The second-order valence-corrected chi connectivity index (χ2v) is 9.06. The number of Topliss-reactive ketones (excluding diaryl/α,β-unsaturated/α-hetero) is 1. The number of benzene rings is 1. The van der Waals surface area contributed by atoms with Crippen LogP contribution in [-0.4, -0.2) is 28.6 Å². The summed E-state index contributed by atoms with van der Waals surface area (Å²) < 4.78 is 5.79. The van der Waals surface area contributed by atoms with E-state index in [0.717, 1.165) is 69.0 Å². The molecule has 0 radical (unpaired) electrons. The minimum absolute atomic E-state index is 0.225. The van der Waals surface area contributed by atoms with Crippen molar-refractivity contribution in [3.05, 3.63) is 46.7 Å². The van der Waals surface area contributed by atoms with Crippen LogP contribution < -0.4 is 10.1 Å². The van der Waals surface area contributed by atoms with Crippen molar-refractivity contribution in [3.8, 4) is 16.3 Å². The molecule has 5 rings (SSSR count). The van der Waals surface area contributed by atoms with Crippen molar-refractivity contribution in [2.24, 2.45) is 10.9 Å². The van der Waals surface area contributed by atoms with Gasteiger partial charge in [0.05, 0.1) is 35.4 Å². The molecule has 1 fully saturated rings. The van der Waals surface area contributed by atoms with Crippen molar-refractivity contribution in [2.45, 2.75) is 39.5 Å². The lowest BCUT2D eigenvalue weighted by Crippen LogP contribution is -2.08. The molecule has 7 heteroatoms. The Morgan fingerprint density at radius 2 is 2.06 bits per heavy atom. The fourth-order valence-electron chi connectivity index (χ4n) is 3.93. The van der Waals surface area contributed by atoms with Gasteiger partial charge in [0.25, 0.3) is 0 Å². The summed E-state index contributed by atoms with van der Waals surface area (Å²) in [5.74, 6) is 1.24. The van der Waals surface area contributed by atoms with Crippen LogP contribution in [0.15, 0.2) is 34.6 Å². The normalized spacial score (nSPS) is 14.9. The van der Waals surface area contributed by atoms with Crippen molar-refractivity contribution in [3.63, 3.8) is 0 Å². The first-order valence-corrected chi connectivity index (χ1v) is 11.4. The number of aromatic nitrogens is 2. The van der Waals surface area contributed by atoms with E-state index in [9.17, 15) is 4.79 Å². The Labute approximate surface area is 185 Å². The number of aliphatic imine (C=N–C) groups is 1. The van der Waals surface area contributed by atoms with Gasteiger partial charge in [-0.2, -0.15) is 0 Å². The zero-order valence-electron chi connectivity index (χ0n) is 17.9. The van der Waals surface area contributed by atoms with Crippen LogP contribution in [0.3, 0.4) is 0 Å². The number of para-hydroxylation sites is 1. The smallest absolute Gasteiger partial charge is 0.152 e. The number of aryl methyl sites for hydroxylation is 1. The van der Waals surface area contributed by atoms with Gasteiger partial charge in [0.2, 0.25) is 0 Å². The number of thiazole rings is 1. The minimum atomic E-state index is 0.225. The molecule has 158 valence electrons. The van der Waals surface area contributed by atoms with Crippen LogP contribution in [0.4, 0.5) is 17.1 Å². The molecule has 1 aromatic carbocycles. The zero-order chi connectivity index (χ0) is 21.5. The molecule has 0 unspecified atom stereocenters. The van der Waals surface area contributed by atoms with Crippen molar-refractivity contribution in [1.82, 2.24) is 9.97 Å². The number of nitrogens with one attached hydrogen (secondary N) is 1. The molecule has 6 nitrogen and oxygen atoms in total. The van der Waals surface area contributed by atoms with Crippen LogP contribution in [0.25, 0.3) is 10.6 Å². The summed E-state index contributed by atoms with van der Waals surface area (Å²) in [5, 5.41) is 6.47. The number of carbonyl (C=O) groups excluding carboxylic acids is 1. The van der Waals surface area contributed by atoms with E-state index in [1.807, 2.05) is 43.5 Å². The molecule has 0 bridgehead atoms. The summed E-state index contributed by atoms with van der Waals surface area (Å²) in [5.41, 5.74) is 7.21. The molecule has 3 aromatic rings. The minimum Gasteiger partial charge on any atom is -0.494 e. The highest BCUT2D eigenvalue weighted by atomic mass is 32.1. The third-order valence-electron chi connectivity index (χ3n) is 5.57. The van der Waals surface area contributed by atoms with Gasteiger partial charge in [0.15, 0.2) is 5.75 Å². The molecule has 0 amide bonds. The second-order valence-electron chi connectivity index (χ2n) is 8.20. The summed E-state index contributed by atoms with van der Waals surface area (Å²) >= 11 is 1.60. The van der Waals surface area contributed by atoms with E-state index in [-0.39, 0.29) is 11.7 Å². The summed E-state index contributed by atoms with van der Waals surface area (Å²) in [4.78, 5) is 26.5. The number of rotatable bonds is 7. The number of ether oxygens (including phenoxy) is 1. The molecule has 2 aromatic heterocycles. The van der Waals surface area contributed by atoms with E-state index in [4.69, 9.17) is 14.7 Å². The number of anilines is 2. The molecule has 0 saturated heterocycles. The van der Waals surface area contributed by atoms with E-state index in [0.29, 0.717) is 12.8 Å². The SMILES string of the molecule is COc1c(Nc2cc(CC(=O)C3CC3)nc3c2N=C(C)C3)cccc1-c1nc(C)cs1. The maximum atomic E-state index is 12.4. The zero-order valence-corrected chi connectivity index (χ0v) is 18.7. The summed E-state index contributed by atoms with van der Waals surface area (Å²) in [6, 6.07) is 7.95. The van der Waals surface area contributed by atoms with Crippen LogP contribution in [0.1, 0.15) is 36.8 Å². The topological polar surface area (TPSA) is 76.5 Å². The Kier molecular flexibility index (Phi) is 5.06. The number of hydrogen-bond acceptors (Lipinski definition) is 7. The molecular weight excluding hydrogens is 408 g/mol. The maximum absolute atomic E-state index is 12.4. The van der Waals surface area contributed by atoms with Crippen LogP contribution in [0, 0.1) is 12.8 Å². The number of fused-ring (bicyclic) bond motifs is 1. The Bertz CT molecular complexity index is 1210. The molecule has 3 heterocycles. The van der Waals surface area contributed by atoms with Crippen LogP contribution >= 0.6 is 11.3 Å². The predicted octanol–water partition coefficient (Wildman–Crippen LogP) is 5.44. The maximum Gasteiger partial charge on any atom is 0.152 e. The Morgan fingerprint density at radius 1 is 1.23 bits per heavy atom. The van der Waals surface area contributed by atoms with Crippen LogP contribution in [0.5, 0.6) is 5.75 Å². The monoisotopic (exact) mass is 432 g/mol. The van der Waals surface area contributed by atoms with E-state index in [2.05, 4.69) is 10.3 Å². The fourth-order valence-corrected chi connectivity index (χ4v) is 4.75. The Hall–Kier alpha value is -3.06. The van der Waals surface area contributed by atoms with Gasteiger partial charge in [-0.3, -0.25) is 14.8 Å². The molecule has 2 aliphatic rings. The number of hydrogen-bond donors (Lipinski definition) is 1. The number of nitrogens with zero attached hydrogens (tertiary/aromatic N) is 3. The average Bonchev–Trinajstić information content (AvgIpc) is 3.40. The van der Waals surface area contributed by atoms with Crippen molar-refractivity contribution in [2.75, 3.05) is 12.4 Å². The quantitative estimate of drug-likeness (QED) is 0.538. The first kappa shape index (κ1) is 19.9. The fraction of sp³-hybridized carbons (Fsp3) is 0.333. The number of carbonyl (C=O) groups is 1. The lowest BCUT2D eigenvalue weighted by molar-refractivity contribution is -0.119. The molecule has 1 N–H and O–H groups in total. The van der Waals surface area contributed by atoms with Gasteiger partial charge in [-0.25, -0.2) is 4.98 Å². The lowest BCUT2D eigenvalue weighted by Gasteiger charge is -2.16. The summed E-state index contributed by atoms with van der Waals surface area (Å²) in [7, 11) is 1.67. The van der Waals surface area contributed by atoms with Gasteiger partial charge in [-0.05, 0) is 44.9 Å². The second kappa shape index (κ2) is 7.89. The van der Waals surface area contributed by atoms with Crippen molar-refractivity contribution in [1.29, 1.82) is 0 Å². The van der Waals surface area contributed by atoms with Gasteiger partial charge in [-0.1, -0.05) is 6.07 Å². The summed E-state index contributed by atoms with van der Waals surface area (Å²) in [6.45, 7) is 3.99. The number of methoxy groups -OCH3 is 1. The van der Waals surface area contributed by atoms with E-state index >= 15 is 0 Å². The van der Waals surface area contributed by atoms with Gasteiger partial charge in [0, 0.05) is 35.5 Å². The van der Waals surface area contributed by atoms with E-state index in [1.165, 1.54) is 0 Å². The third-order valence-corrected chi connectivity index (χ3v) is 6.56. The molecule has 1 saturated carbocycles. The van der Waals surface area contributed by atoms with Gasteiger partial charge >= 0.3 is 0 Å². The molecule has 31 heavy (non-hydrogen) atoms. The van der Waals surface area contributed by atoms with Gasteiger partial charge < -0.3 is 10.1 Å². The van der Waals surface area contributed by atoms with Crippen LogP contribution in [0.2, 0.25) is 0 Å². The molecule has 1 aliphatic heterocycles. The van der Waals surface area contributed by atoms with Crippen molar-refractivity contribution >= 4 is 39.9 Å². The first-order valence-electron chi connectivity index (χ1n) is 10.5. The van der Waals surface area contributed by atoms with Crippen LogP contribution in [-0.2, 0) is 17.6 Å². The lowest BCUT2D eigenvalue weighted by atomic mass is 10.1. The van der Waals surface area contributed by atoms with Crippen molar-refractivity contribution < 1.29 is 9.53 Å². The van der Waals surface area contributed by atoms with Gasteiger partial charge in [0.1, 0.15) is 16.5 Å². The largest absolute Gasteiger partial charge is 0.494 e. The highest BCUT2D eigenvalue weighted by molar-refractivity contribution is 7.13. The first-order chi connectivity index (χ1) is 15.0. The molecular formula is C24H24N4O2S. The highest BCUT2D eigenvalue weighted by Crippen LogP contribution is 2.42. The van der Waals surface area contributed by atoms with E-state index < -0.39 is 0 Å². The molecule has 0 spiro atoms. The predicted molar refractivity (Wildman–Crippen MR) is 124 cm³/mol. The Morgan fingerprint density at radius 3 is 2.77 bits per heavy atom. The Balaban J connectivity index is 1.53. The number of ketones is 1. The third kappa shape index (κ3) is 3.97. The molecule has 1 aliphatic carbocycles. The number of pyridine rings is 1. The standard InChI is InChI=1S/C24H24N4O2S/c1-13-9-19-22(25-13)20(10-16(27-19)11-21(29)15-7-8-15)28-18-6-4-5-17(23(18)30-3)24-26-14(2)12-31-24/h4-6,10,12,15H,7-9,11H2,1-3H3,(H,27,28). The molecule has 0 atom stereocenters. The average molecular weight is 433 g/mol. The highest BCUT2D eigenvalue weighted by Gasteiger charge is 2.30. The van der Waals surface area contributed by atoms with E-state index in [1.54, 1.807) is 18.4 Å². The summed E-state index contributed by atoms with van der Waals surface area (Å²) in [6.07, 6.45) is 3.11.